The third-order valence-corrected chi connectivity index (χ3v) is 7.80. The highest BCUT2D eigenvalue weighted by Gasteiger charge is 2.28. The largest absolute Gasteiger partial charge is 0.497 e. The highest BCUT2D eigenvalue weighted by Crippen LogP contribution is 2.21. The second-order valence-corrected chi connectivity index (χ2v) is 9.79. The second kappa shape index (κ2) is 8.87. The lowest BCUT2D eigenvalue weighted by molar-refractivity contribution is 0.142. The number of aromatic nitrogens is 2. The van der Waals surface area contributed by atoms with E-state index < -0.39 is 10.0 Å². The highest BCUT2D eigenvalue weighted by atomic mass is 32.2. The zero-order chi connectivity index (χ0) is 21.1. The monoisotopic (exact) mass is 432 g/mol. The van der Waals surface area contributed by atoms with Crippen LogP contribution in [0.3, 0.4) is 0 Å². The third kappa shape index (κ3) is 4.43. The SMILES string of the molecule is COc1ccc(S(=O)(=O)N2CCN(Cn3nc4c(cc3=O)CCCCC4)CC2)cc1. The van der Waals surface area contributed by atoms with Gasteiger partial charge in [-0.05, 0) is 55.5 Å². The van der Waals surface area contributed by atoms with Gasteiger partial charge in [-0.3, -0.25) is 9.69 Å². The molecule has 0 radical (unpaired) electrons. The number of piperazine rings is 1. The van der Waals surface area contributed by atoms with Gasteiger partial charge < -0.3 is 4.74 Å². The molecule has 4 rings (SSSR count). The molecule has 0 saturated carbocycles. The van der Waals surface area contributed by atoms with Crippen molar-refractivity contribution in [3.8, 4) is 5.75 Å². The maximum atomic E-state index is 12.9. The number of aryl methyl sites for hydroxylation is 2. The molecule has 162 valence electrons. The van der Waals surface area contributed by atoms with Crippen LogP contribution in [-0.4, -0.2) is 60.7 Å². The smallest absolute Gasteiger partial charge is 0.268 e. The number of hydrogen-bond acceptors (Lipinski definition) is 6. The molecule has 0 atom stereocenters. The van der Waals surface area contributed by atoms with Gasteiger partial charge in [-0.15, -0.1) is 0 Å². The van der Waals surface area contributed by atoms with Crippen molar-refractivity contribution in [1.29, 1.82) is 0 Å². The molecular formula is C21H28N4O4S. The molecule has 0 N–H and O–H groups in total. The minimum Gasteiger partial charge on any atom is -0.497 e. The van der Waals surface area contributed by atoms with Gasteiger partial charge in [-0.2, -0.15) is 9.40 Å². The molecular weight excluding hydrogens is 404 g/mol. The Bertz CT molecular complexity index is 1040. The van der Waals surface area contributed by atoms with Crippen LogP contribution in [0, 0.1) is 0 Å². The van der Waals surface area contributed by atoms with Crippen molar-refractivity contribution in [2.75, 3.05) is 33.3 Å². The molecule has 1 saturated heterocycles. The van der Waals surface area contributed by atoms with Crippen LogP contribution in [0.1, 0.15) is 30.5 Å². The van der Waals surface area contributed by atoms with Gasteiger partial charge >= 0.3 is 0 Å². The van der Waals surface area contributed by atoms with E-state index in [-0.39, 0.29) is 10.5 Å². The van der Waals surface area contributed by atoms with Gasteiger partial charge in [0.05, 0.1) is 24.4 Å². The van der Waals surface area contributed by atoms with E-state index in [4.69, 9.17) is 4.74 Å². The van der Waals surface area contributed by atoms with E-state index in [0.717, 1.165) is 36.9 Å². The fraction of sp³-hybridized carbons (Fsp3) is 0.524. The summed E-state index contributed by atoms with van der Waals surface area (Å²) in [5.74, 6) is 0.623. The normalized spacial score (nSPS) is 18.6. The number of ether oxygens (including phenoxy) is 1. The van der Waals surface area contributed by atoms with Gasteiger partial charge in [0.25, 0.3) is 5.56 Å². The van der Waals surface area contributed by atoms with Crippen LogP contribution < -0.4 is 10.3 Å². The average Bonchev–Trinajstić information content (AvgIpc) is 2.99. The first-order valence-electron chi connectivity index (χ1n) is 10.4. The van der Waals surface area contributed by atoms with E-state index in [0.29, 0.717) is 38.6 Å². The zero-order valence-electron chi connectivity index (χ0n) is 17.3. The summed E-state index contributed by atoms with van der Waals surface area (Å²) in [6.07, 6.45) is 5.25. The van der Waals surface area contributed by atoms with Gasteiger partial charge in [-0.25, -0.2) is 13.1 Å². The Labute approximate surface area is 177 Å². The first-order valence-corrected chi connectivity index (χ1v) is 11.9. The summed E-state index contributed by atoms with van der Waals surface area (Å²) in [5.41, 5.74) is 2.04. The highest BCUT2D eigenvalue weighted by molar-refractivity contribution is 7.89. The standard InChI is InChI=1S/C21H28N4O4S/c1-29-18-7-9-19(10-8-18)30(27,28)24-13-11-23(12-14-24)16-25-21(26)15-17-5-3-2-4-6-20(17)22-25/h7-10,15H,2-6,11-14,16H2,1H3. The van der Waals surface area contributed by atoms with Crippen molar-refractivity contribution in [3.05, 3.63) is 51.9 Å². The minimum absolute atomic E-state index is 0.0797. The van der Waals surface area contributed by atoms with Crippen molar-refractivity contribution in [2.24, 2.45) is 0 Å². The van der Waals surface area contributed by atoms with E-state index in [1.807, 2.05) is 0 Å². The molecule has 9 heteroatoms. The lowest BCUT2D eigenvalue weighted by Gasteiger charge is -2.33. The molecule has 2 aliphatic rings. The van der Waals surface area contributed by atoms with Crippen LogP contribution in [0.5, 0.6) is 5.75 Å². The summed E-state index contributed by atoms with van der Waals surface area (Å²) in [6, 6.07) is 8.18. The van der Waals surface area contributed by atoms with Crippen molar-refractivity contribution in [1.82, 2.24) is 19.0 Å². The Morgan fingerprint density at radius 1 is 1.00 bits per heavy atom. The Hall–Kier alpha value is -2.23. The molecule has 1 aliphatic carbocycles. The van der Waals surface area contributed by atoms with Gasteiger partial charge in [0.1, 0.15) is 5.75 Å². The predicted molar refractivity (Wildman–Crippen MR) is 113 cm³/mol. The quantitative estimate of drug-likeness (QED) is 0.666. The van der Waals surface area contributed by atoms with E-state index in [2.05, 4.69) is 10.00 Å². The number of hydrogen-bond donors (Lipinski definition) is 0. The van der Waals surface area contributed by atoms with Gasteiger partial charge in [0, 0.05) is 32.2 Å². The Balaban J connectivity index is 1.41. The molecule has 1 aliphatic heterocycles. The summed E-state index contributed by atoms with van der Waals surface area (Å²) in [4.78, 5) is 14.8. The summed E-state index contributed by atoms with van der Waals surface area (Å²) < 4.78 is 33.9. The van der Waals surface area contributed by atoms with Crippen LogP contribution in [0.15, 0.2) is 40.0 Å². The molecule has 2 heterocycles. The van der Waals surface area contributed by atoms with Gasteiger partial charge in [0.15, 0.2) is 0 Å². The lowest BCUT2D eigenvalue weighted by Crippen LogP contribution is -2.49. The summed E-state index contributed by atoms with van der Waals surface area (Å²) in [6.45, 7) is 2.27. The molecule has 0 bridgehead atoms. The number of nitrogens with zero attached hydrogens (tertiary/aromatic N) is 4. The topological polar surface area (TPSA) is 84.7 Å². The number of fused-ring (bicyclic) bond motifs is 1. The molecule has 2 aromatic rings. The van der Waals surface area contributed by atoms with Gasteiger partial charge in [-0.1, -0.05) is 6.42 Å². The van der Waals surface area contributed by atoms with Crippen molar-refractivity contribution < 1.29 is 13.2 Å². The van der Waals surface area contributed by atoms with Crippen LogP contribution in [0.2, 0.25) is 0 Å². The first kappa shape index (κ1) is 21.0. The fourth-order valence-corrected chi connectivity index (χ4v) is 5.50. The van der Waals surface area contributed by atoms with Crippen LogP contribution in [-0.2, 0) is 29.5 Å². The van der Waals surface area contributed by atoms with Gasteiger partial charge in [0.2, 0.25) is 10.0 Å². The summed E-state index contributed by atoms with van der Waals surface area (Å²) >= 11 is 0. The minimum atomic E-state index is -3.54. The molecule has 30 heavy (non-hydrogen) atoms. The van der Waals surface area contributed by atoms with Crippen molar-refractivity contribution in [2.45, 2.75) is 43.7 Å². The predicted octanol–water partition coefficient (Wildman–Crippen LogP) is 1.48. The molecule has 8 nitrogen and oxygen atoms in total. The Kier molecular flexibility index (Phi) is 6.21. The van der Waals surface area contributed by atoms with Crippen molar-refractivity contribution in [3.63, 3.8) is 0 Å². The molecule has 0 unspecified atom stereocenters. The molecule has 1 fully saturated rings. The zero-order valence-corrected chi connectivity index (χ0v) is 18.1. The van der Waals surface area contributed by atoms with E-state index in [9.17, 15) is 13.2 Å². The van der Waals surface area contributed by atoms with Crippen LogP contribution in [0.25, 0.3) is 0 Å². The fourth-order valence-electron chi connectivity index (χ4n) is 4.08. The number of sulfonamides is 1. The number of rotatable bonds is 5. The Morgan fingerprint density at radius 3 is 2.40 bits per heavy atom. The van der Waals surface area contributed by atoms with Crippen LogP contribution >= 0.6 is 0 Å². The van der Waals surface area contributed by atoms with E-state index >= 15 is 0 Å². The molecule has 1 aromatic carbocycles. The first-order chi connectivity index (χ1) is 14.5. The molecule has 0 spiro atoms. The molecule has 1 aromatic heterocycles. The Morgan fingerprint density at radius 2 is 1.70 bits per heavy atom. The second-order valence-electron chi connectivity index (χ2n) is 7.85. The maximum Gasteiger partial charge on any atom is 0.268 e. The summed E-state index contributed by atoms with van der Waals surface area (Å²) in [5, 5.41) is 4.62. The third-order valence-electron chi connectivity index (χ3n) is 5.89. The average molecular weight is 433 g/mol. The van der Waals surface area contributed by atoms with E-state index in [1.165, 1.54) is 15.4 Å². The van der Waals surface area contributed by atoms with Crippen LogP contribution in [0.4, 0.5) is 0 Å². The summed E-state index contributed by atoms with van der Waals surface area (Å²) in [7, 11) is -1.99. The lowest BCUT2D eigenvalue weighted by atomic mass is 10.1. The number of benzene rings is 1. The van der Waals surface area contributed by atoms with Crippen molar-refractivity contribution >= 4 is 10.0 Å². The van der Waals surface area contributed by atoms with E-state index in [1.54, 1.807) is 37.4 Å². The molecule has 0 amide bonds. The maximum absolute atomic E-state index is 12.9. The number of methoxy groups -OCH3 is 1.